The molecule has 0 aliphatic rings. The molecule has 2 aromatic carbocycles. The van der Waals surface area contributed by atoms with Crippen molar-refractivity contribution in [3.8, 4) is 33.6 Å². The van der Waals surface area contributed by atoms with Gasteiger partial charge in [-0.15, -0.1) is 0 Å². The SMILES string of the molecule is Brc1cccc(-c2cc(-c3ccoc3)cc(-c3ncn[nH]3)c2)c1. The predicted octanol–water partition coefficient (Wildman–Crippen LogP) is 5.16. The summed E-state index contributed by atoms with van der Waals surface area (Å²) in [7, 11) is 0. The Balaban J connectivity index is 1.92. The minimum Gasteiger partial charge on any atom is -0.472 e. The standard InChI is InChI=1S/C18H12BrN3O/c19-17-3-1-2-12(9-17)14-6-15(13-4-5-23-10-13)8-16(7-14)18-20-11-21-22-18/h1-11H,(H,20,21,22). The van der Waals surface area contributed by atoms with E-state index in [-0.39, 0.29) is 0 Å². The van der Waals surface area contributed by atoms with E-state index in [0.717, 1.165) is 38.1 Å². The van der Waals surface area contributed by atoms with Crippen LogP contribution in [0.25, 0.3) is 33.6 Å². The van der Waals surface area contributed by atoms with Crippen molar-refractivity contribution in [1.29, 1.82) is 0 Å². The van der Waals surface area contributed by atoms with Gasteiger partial charge < -0.3 is 4.42 Å². The van der Waals surface area contributed by atoms with Gasteiger partial charge in [-0.3, -0.25) is 5.10 Å². The first kappa shape index (κ1) is 14.0. The van der Waals surface area contributed by atoms with Crippen molar-refractivity contribution in [1.82, 2.24) is 15.2 Å². The van der Waals surface area contributed by atoms with Crippen molar-refractivity contribution in [3.63, 3.8) is 0 Å². The Morgan fingerprint density at radius 2 is 1.70 bits per heavy atom. The first-order valence-electron chi connectivity index (χ1n) is 7.09. The number of benzene rings is 2. The highest BCUT2D eigenvalue weighted by molar-refractivity contribution is 9.10. The van der Waals surface area contributed by atoms with Crippen LogP contribution in [0.1, 0.15) is 0 Å². The van der Waals surface area contributed by atoms with Crippen LogP contribution in [0.4, 0.5) is 0 Å². The highest BCUT2D eigenvalue weighted by atomic mass is 79.9. The predicted molar refractivity (Wildman–Crippen MR) is 92.7 cm³/mol. The summed E-state index contributed by atoms with van der Waals surface area (Å²) in [5.74, 6) is 0.742. The molecule has 112 valence electrons. The van der Waals surface area contributed by atoms with Crippen LogP contribution in [0.2, 0.25) is 0 Å². The van der Waals surface area contributed by atoms with Crippen LogP contribution in [0.5, 0.6) is 0 Å². The monoisotopic (exact) mass is 365 g/mol. The van der Waals surface area contributed by atoms with Crippen molar-refractivity contribution in [2.75, 3.05) is 0 Å². The Kier molecular flexibility index (Phi) is 3.55. The first-order chi connectivity index (χ1) is 11.3. The molecule has 23 heavy (non-hydrogen) atoms. The zero-order valence-corrected chi connectivity index (χ0v) is 13.6. The Hall–Kier alpha value is -2.66. The maximum absolute atomic E-state index is 5.22. The van der Waals surface area contributed by atoms with E-state index in [9.17, 15) is 0 Å². The Morgan fingerprint density at radius 3 is 2.39 bits per heavy atom. The highest BCUT2D eigenvalue weighted by Crippen LogP contribution is 2.32. The van der Waals surface area contributed by atoms with E-state index in [0.29, 0.717) is 0 Å². The van der Waals surface area contributed by atoms with Crippen LogP contribution < -0.4 is 0 Å². The molecule has 2 heterocycles. The minimum atomic E-state index is 0.742. The number of rotatable bonds is 3. The minimum absolute atomic E-state index is 0.742. The third kappa shape index (κ3) is 2.83. The number of aromatic nitrogens is 3. The van der Waals surface area contributed by atoms with Gasteiger partial charge in [-0.2, -0.15) is 5.10 Å². The lowest BCUT2D eigenvalue weighted by Crippen LogP contribution is -1.87. The molecule has 0 aliphatic heterocycles. The summed E-state index contributed by atoms with van der Waals surface area (Å²) in [6.45, 7) is 0. The van der Waals surface area contributed by atoms with Gasteiger partial charge in [0.2, 0.25) is 0 Å². The second-order valence-electron chi connectivity index (χ2n) is 5.16. The van der Waals surface area contributed by atoms with Crippen molar-refractivity contribution in [2.45, 2.75) is 0 Å². The summed E-state index contributed by atoms with van der Waals surface area (Å²) in [6, 6.07) is 16.5. The molecule has 4 aromatic rings. The quantitative estimate of drug-likeness (QED) is 0.545. The second-order valence-corrected chi connectivity index (χ2v) is 6.07. The molecule has 1 N–H and O–H groups in total. The first-order valence-corrected chi connectivity index (χ1v) is 7.88. The molecule has 4 rings (SSSR count). The molecule has 0 aliphatic carbocycles. The Labute approximate surface area is 141 Å². The molecule has 5 heteroatoms. The normalized spacial score (nSPS) is 10.8. The Morgan fingerprint density at radius 1 is 0.870 bits per heavy atom. The van der Waals surface area contributed by atoms with E-state index in [1.54, 1.807) is 12.5 Å². The molecule has 0 atom stereocenters. The van der Waals surface area contributed by atoms with E-state index in [2.05, 4.69) is 61.4 Å². The molecule has 0 spiro atoms. The lowest BCUT2D eigenvalue weighted by Gasteiger charge is -2.08. The summed E-state index contributed by atoms with van der Waals surface area (Å²) in [5, 5.41) is 6.87. The van der Waals surface area contributed by atoms with Crippen LogP contribution in [0.3, 0.4) is 0 Å². The van der Waals surface area contributed by atoms with Gasteiger partial charge in [-0.05, 0) is 53.1 Å². The van der Waals surface area contributed by atoms with Crippen LogP contribution in [-0.2, 0) is 0 Å². The fraction of sp³-hybridized carbons (Fsp3) is 0. The number of halogens is 1. The van der Waals surface area contributed by atoms with Crippen molar-refractivity contribution in [2.24, 2.45) is 0 Å². The number of furan rings is 1. The van der Waals surface area contributed by atoms with Crippen LogP contribution in [0.15, 0.2) is 76.3 Å². The number of aromatic amines is 1. The average molecular weight is 366 g/mol. The van der Waals surface area contributed by atoms with Gasteiger partial charge in [0.15, 0.2) is 5.82 Å². The molecule has 0 saturated carbocycles. The van der Waals surface area contributed by atoms with Crippen LogP contribution in [0, 0.1) is 0 Å². The highest BCUT2D eigenvalue weighted by Gasteiger charge is 2.09. The van der Waals surface area contributed by atoms with Crippen molar-refractivity contribution < 1.29 is 4.42 Å². The Bertz CT molecular complexity index is 878. The molecular formula is C18H12BrN3O. The number of nitrogens with zero attached hydrogens (tertiary/aromatic N) is 2. The third-order valence-corrected chi connectivity index (χ3v) is 4.13. The molecular weight excluding hydrogens is 354 g/mol. The average Bonchev–Trinajstić information content (AvgIpc) is 3.28. The smallest absolute Gasteiger partial charge is 0.155 e. The van der Waals surface area contributed by atoms with E-state index < -0.39 is 0 Å². The molecule has 0 unspecified atom stereocenters. The van der Waals surface area contributed by atoms with Crippen molar-refractivity contribution >= 4 is 15.9 Å². The molecule has 0 amide bonds. The second kappa shape index (κ2) is 5.85. The summed E-state index contributed by atoms with van der Waals surface area (Å²) < 4.78 is 6.27. The number of hydrogen-bond acceptors (Lipinski definition) is 3. The molecule has 4 nitrogen and oxygen atoms in total. The van der Waals surface area contributed by atoms with E-state index in [1.165, 1.54) is 6.33 Å². The number of nitrogens with one attached hydrogen (secondary N) is 1. The largest absolute Gasteiger partial charge is 0.472 e. The van der Waals surface area contributed by atoms with Gasteiger partial charge in [0, 0.05) is 15.6 Å². The fourth-order valence-electron chi connectivity index (χ4n) is 2.54. The molecule has 0 radical (unpaired) electrons. The maximum Gasteiger partial charge on any atom is 0.155 e. The zero-order chi connectivity index (χ0) is 15.6. The topological polar surface area (TPSA) is 54.7 Å². The van der Waals surface area contributed by atoms with Gasteiger partial charge in [0.25, 0.3) is 0 Å². The van der Waals surface area contributed by atoms with E-state index in [1.807, 2.05) is 18.2 Å². The zero-order valence-electron chi connectivity index (χ0n) is 12.0. The lowest BCUT2D eigenvalue weighted by atomic mass is 9.97. The van der Waals surface area contributed by atoms with Gasteiger partial charge in [0.05, 0.1) is 12.5 Å². The maximum atomic E-state index is 5.22. The van der Waals surface area contributed by atoms with Crippen molar-refractivity contribution in [3.05, 3.63) is 71.9 Å². The summed E-state index contributed by atoms with van der Waals surface area (Å²) in [5.41, 5.74) is 5.32. The van der Waals surface area contributed by atoms with Gasteiger partial charge >= 0.3 is 0 Å². The molecule has 0 saturated heterocycles. The van der Waals surface area contributed by atoms with Gasteiger partial charge in [-0.25, -0.2) is 4.98 Å². The summed E-state index contributed by atoms with van der Waals surface area (Å²) >= 11 is 3.53. The van der Waals surface area contributed by atoms with E-state index >= 15 is 0 Å². The van der Waals surface area contributed by atoms with Crippen LogP contribution >= 0.6 is 15.9 Å². The van der Waals surface area contributed by atoms with Gasteiger partial charge in [-0.1, -0.05) is 28.1 Å². The van der Waals surface area contributed by atoms with E-state index in [4.69, 9.17) is 4.42 Å². The third-order valence-electron chi connectivity index (χ3n) is 3.63. The summed E-state index contributed by atoms with van der Waals surface area (Å²) in [6.07, 6.45) is 4.93. The molecule has 2 aromatic heterocycles. The summed E-state index contributed by atoms with van der Waals surface area (Å²) in [4.78, 5) is 4.26. The lowest BCUT2D eigenvalue weighted by molar-refractivity contribution is 0.568. The molecule has 0 bridgehead atoms. The molecule has 0 fully saturated rings. The van der Waals surface area contributed by atoms with Crippen LogP contribution in [-0.4, -0.2) is 15.2 Å². The van der Waals surface area contributed by atoms with Gasteiger partial charge in [0.1, 0.15) is 6.33 Å². The fourth-order valence-corrected chi connectivity index (χ4v) is 2.94. The number of H-pyrrole nitrogens is 1. The number of hydrogen-bond donors (Lipinski definition) is 1.